The van der Waals surface area contributed by atoms with Crippen LogP contribution in [0.25, 0.3) is 38.9 Å². The molecule has 0 amide bonds. The van der Waals surface area contributed by atoms with Crippen molar-refractivity contribution in [3.8, 4) is 22.3 Å². The van der Waals surface area contributed by atoms with Gasteiger partial charge in [0.1, 0.15) is 12.4 Å². The van der Waals surface area contributed by atoms with Crippen LogP contribution in [0.5, 0.6) is 0 Å². The van der Waals surface area contributed by atoms with Crippen molar-refractivity contribution < 1.29 is 4.57 Å². The highest BCUT2D eigenvalue weighted by Crippen LogP contribution is 2.40. The van der Waals surface area contributed by atoms with Gasteiger partial charge in [-0.15, -0.1) is 0 Å². The summed E-state index contributed by atoms with van der Waals surface area (Å²) in [5.41, 5.74) is 8.09. The number of nitrogens with zero attached hydrogens (tertiary/aromatic N) is 3. The quantitative estimate of drug-likeness (QED) is 0.340. The third kappa shape index (κ3) is 2.89. The highest BCUT2D eigenvalue weighted by molar-refractivity contribution is 6.06. The van der Waals surface area contributed by atoms with Gasteiger partial charge in [-0.3, -0.25) is 0 Å². The molecule has 0 spiro atoms. The molecule has 0 saturated heterocycles. The Morgan fingerprint density at radius 3 is 1.97 bits per heavy atom. The van der Waals surface area contributed by atoms with Crippen molar-refractivity contribution >= 4 is 16.7 Å². The van der Waals surface area contributed by atoms with Crippen LogP contribution in [0.3, 0.4) is 0 Å². The van der Waals surface area contributed by atoms with E-state index in [0.717, 1.165) is 22.4 Å². The number of aryl methyl sites for hydroxylation is 1. The monoisotopic (exact) mass is 392 g/mol. The minimum atomic E-state index is -0.0130. The summed E-state index contributed by atoms with van der Waals surface area (Å²) in [6.45, 7) is 6.64. The van der Waals surface area contributed by atoms with Crippen molar-refractivity contribution in [2.24, 2.45) is 7.05 Å². The van der Waals surface area contributed by atoms with Gasteiger partial charge >= 0.3 is 0 Å². The summed E-state index contributed by atoms with van der Waals surface area (Å²) in [6, 6.07) is 25.8. The van der Waals surface area contributed by atoms with E-state index in [1.807, 2.05) is 0 Å². The zero-order valence-corrected chi connectivity index (χ0v) is 17.9. The Bertz CT molecular complexity index is 1360. The molecule has 0 aliphatic carbocycles. The first-order valence-corrected chi connectivity index (χ1v) is 10.4. The highest BCUT2D eigenvalue weighted by Gasteiger charge is 2.27. The molecule has 3 nitrogen and oxygen atoms in total. The largest absolute Gasteiger partial charge is 0.296 e. The third-order valence-corrected chi connectivity index (χ3v) is 5.74. The lowest BCUT2D eigenvalue weighted by Gasteiger charge is -2.19. The lowest BCUT2D eigenvalue weighted by Crippen LogP contribution is -2.27. The third-order valence-electron chi connectivity index (χ3n) is 5.74. The Labute approximate surface area is 177 Å². The predicted molar refractivity (Wildman–Crippen MR) is 123 cm³/mol. The Morgan fingerprint density at radius 2 is 1.37 bits per heavy atom. The fraction of sp³-hybridized carbons (Fsp3) is 0.185. The minimum absolute atomic E-state index is 0.0130. The van der Waals surface area contributed by atoms with Crippen LogP contribution >= 0.6 is 0 Å². The topological polar surface area (TPSA) is 21.2 Å². The maximum absolute atomic E-state index is 5.16. The van der Waals surface area contributed by atoms with Crippen molar-refractivity contribution in [3.05, 3.63) is 90.9 Å². The first-order valence-electron chi connectivity index (χ1n) is 10.4. The molecule has 0 fully saturated rings. The number of aromatic nitrogens is 3. The van der Waals surface area contributed by atoms with E-state index in [0.29, 0.717) is 0 Å². The Kier molecular flexibility index (Phi) is 4.21. The van der Waals surface area contributed by atoms with Gasteiger partial charge in [-0.2, -0.15) is 4.40 Å². The Morgan fingerprint density at radius 1 is 0.767 bits per heavy atom. The van der Waals surface area contributed by atoms with Crippen molar-refractivity contribution in [1.82, 2.24) is 9.38 Å². The molecule has 148 valence electrons. The highest BCUT2D eigenvalue weighted by atomic mass is 15.1. The Hall–Kier alpha value is -3.46. The molecule has 5 rings (SSSR count). The molecule has 30 heavy (non-hydrogen) atoms. The van der Waals surface area contributed by atoms with Crippen LogP contribution in [0.1, 0.15) is 26.5 Å². The van der Waals surface area contributed by atoms with Crippen molar-refractivity contribution in [2.45, 2.75) is 26.2 Å². The van der Waals surface area contributed by atoms with E-state index in [1.165, 1.54) is 22.3 Å². The lowest BCUT2D eigenvalue weighted by molar-refractivity contribution is -0.644. The molecular formula is C27H26N3+. The van der Waals surface area contributed by atoms with E-state index in [9.17, 15) is 0 Å². The van der Waals surface area contributed by atoms with Crippen LogP contribution in [0.2, 0.25) is 0 Å². The molecular weight excluding hydrogens is 366 g/mol. The fourth-order valence-corrected chi connectivity index (χ4v) is 4.22. The molecule has 0 aliphatic rings. The average molecular weight is 393 g/mol. The van der Waals surface area contributed by atoms with E-state index in [2.05, 4.69) is 122 Å². The summed E-state index contributed by atoms with van der Waals surface area (Å²) >= 11 is 0. The first kappa shape index (κ1) is 18.6. The molecule has 2 aromatic carbocycles. The van der Waals surface area contributed by atoms with Gasteiger partial charge in [-0.25, -0.2) is 9.55 Å². The van der Waals surface area contributed by atoms with Crippen LogP contribution in [0.15, 0.2) is 85.2 Å². The van der Waals surface area contributed by atoms with Crippen LogP contribution < -0.4 is 4.57 Å². The number of hydrogen-bond donors (Lipinski definition) is 0. The first-order chi connectivity index (χ1) is 14.4. The van der Waals surface area contributed by atoms with Crippen molar-refractivity contribution in [3.63, 3.8) is 0 Å². The number of rotatable bonds is 2. The van der Waals surface area contributed by atoms with Gasteiger partial charge in [0.2, 0.25) is 5.65 Å². The summed E-state index contributed by atoms with van der Waals surface area (Å²) in [7, 11) is 2.11. The second-order valence-corrected chi connectivity index (χ2v) is 8.90. The maximum Gasteiger partial charge on any atom is 0.296 e. The normalized spacial score (nSPS) is 12.0. The fourth-order valence-electron chi connectivity index (χ4n) is 4.22. The Balaban J connectivity index is 2.02. The van der Waals surface area contributed by atoms with Gasteiger partial charge in [0, 0.05) is 11.0 Å². The zero-order valence-electron chi connectivity index (χ0n) is 17.9. The van der Waals surface area contributed by atoms with Crippen LogP contribution in [-0.2, 0) is 12.5 Å². The van der Waals surface area contributed by atoms with E-state index >= 15 is 0 Å². The second-order valence-electron chi connectivity index (χ2n) is 8.90. The summed E-state index contributed by atoms with van der Waals surface area (Å²) in [5, 5.41) is 1.16. The van der Waals surface area contributed by atoms with Crippen LogP contribution in [0, 0.1) is 0 Å². The summed E-state index contributed by atoms with van der Waals surface area (Å²) in [4.78, 5) is 5.16. The van der Waals surface area contributed by atoms with Gasteiger partial charge in [-0.1, -0.05) is 81.4 Å². The molecule has 0 bridgehead atoms. The number of fused-ring (bicyclic) bond motifs is 3. The molecule has 0 aliphatic heterocycles. The number of imidazole rings is 1. The molecule has 5 aromatic rings. The molecule has 0 saturated carbocycles. The summed E-state index contributed by atoms with van der Waals surface area (Å²) < 4.78 is 4.43. The zero-order chi connectivity index (χ0) is 20.9. The van der Waals surface area contributed by atoms with Gasteiger partial charge in [0.15, 0.2) is 0 Å². The second kappa shape index (κ2) is 6.81. The predicted octanol–water partition coefficient (Wildman–Crippen LogP) is 5.94. The average Bonchev–Trinajstić information content (AvgIpc) is 3.14. The molecule has 0 atom stereocenters. The number of pyridine rings is 2. The van der Waals surface area contributed by atoms with E-state index < -0.39 is 0 Å². The molecule has 0 N–H and O–H groups in total. The standard InChI is InChI=1S/C27H26N3/c1-27(2,3)22-16-15-21-23(19-11-7-5-8-12-19)24(20-13-9-6-10-14-20)26-29(4)17-18-30(26)25(21)28-22/h5-18H,1-4H3/q+1. The minimum Gasteiger partial charge on any atom is -0.232 e. The molecule has 3 heterocycles. The summed E-state index contributed by atoms with van der Waals surface area (Å²) in [6.07, 6.45) is 4.24. The van der Waals surface area contributed by atoms with Gasteiger partial charge < -0.3 is 0 Å². The number of benzene rings is 2. The van der Waals surface area contributed by atoms with Gasteiger partial charge in [-0.05, 0) is 23.3 Å². The molecule has 3 heteroatoms. The maximum atomic E-state index is 5.16. The molecule has 0 unspecified atom stereocenters. The SMILES string of the molecule is C[n+]1ccn2c3nc(C(C)(C)C)ccc3c(-c3ccccc3)c(-c3ccccc3)c21. The van der Waals surface area contributed by atoms with E-state index in [-0.39, 0.29) is 5.41 Å². The summed E-state index contributed by atoms with van der Waals surface area (Å²) in [5.74, 6) is 0. The van der Waals surface area contributed by atoms with Crippen molar-refractivity contribution in [1.29, 1.82) is 0 Å². The smallest absolute Gasteiger partial charge is 0.232 e. The van der Waals surface area contributed by atoms with E-state index in [1.54, 1.807) is 0 Å². The van der Waals surface area contributed by atoms with Gasteiger partial charge in [0.25, 0.3) is 5.65 Å². The van der Waals surface area contributed by atoms with E-state index in [4.69, 9.17) is 4.98 Å². The molecule has 3 aromatic heterocycles. The van der Waals surface area contributed by atoms with Gasteiger partial charge in [0.05, 0.1) is 23.7 Å². The molecule has 0 radical (unpaired) electrons. The van der Waals surface area contributed by atoms with Crippen molar-refractivity contribution in [2.75, 3.05) is 0 Å². The lowest BCUT2D eigenvalue weighted by atomic mass is 9.89. The van der Waals surface area contributed by atoms with Crippen LogP contribution in [0.4, 0.5) is 0 Å². The van der Waals surface area contributed by atoms with Crippen LogP contribution in [-0.4, -0.2) is 9.38 Å². The number of hydrogen-bond acceptors (Lipinski definition) is 1.